The van der Waals surface area contributed by atoms with Crippen LogP contribution in [0.3, 0.4) is 0 Å². The van der Waals surface area contributed by atoms with Gasteiger partial charge in [-0.3, -0.25) is 19.8 Å². The number of aliphatic carboxylic acids is 1. The van der Waals surface area contributed by atoms with Crippen LogP contribution in [0.25, 0.3) is 11.1 Å². The van der Waals surface area contributed by atoms with E-state index in [-0.39, 0.29) is 43.3 Å². The molecule has 0 fully saturated rings. The summed E-state index contributed by atoms with van der Waals surface area (Å²) in [6, 6.07) is 30.5. The number of nitrogens with one attached hydrogen (secondary N) is 3. The van der Waals surface area contributed by atoms with E-state index in [1.54, 1.807) is 48.5 Å². The first-order valence-electron chi connectivity index (χ1n) is 13.9. The monoisotopic (exact) mass is 578 g/mol. The second kappa shape index (κ2) is 15.2. The Morgan fingerprint density at radius 1 is 0.744 bits per heavy atom. The van der Waals surface area contributed by atoms with E-state index in [1.807, 2.05) is 60.0 Å². The SMILES string of the molecule is NNC(=O)CCC(=O)CNCc1cccc(-c2ccc(C[C@H](Nc3ccccc3C(=O)c3ccccc3)C(=O)O)cc2)c1. The van der Waals surface area contributed by atoms with Gasteiger partial charge in [0, 0.05) is 42.6 Å². The van der Waals surface area contributed by atoms with Crippen LogP contribution >= 0.6 is 0 Å². The molecule has 9 heteroatoms. The molecule has 0 aliphatic carbocycles. The van der Waals surface area contributed by atoms with Crippen LogP contribution in [0.5, 0.6) is 0 Å². The summed E-state index contributed by atoms with van der Waals surface area (Å²) in [5.74, 6) is 3.38. The number of rotatable bonds is 15. The standard InChI is InChI=1S/C34H34N4O5/c35-38-32(40)18-17-28(39)22-36-21-24-7-6-10-27(19-24)25-15-13-23(14-16-25)20-31(34(42)43)37-30-12-5-4-11-29(30)33(41)26-8-2-1-3-9-26/h1-16,19,31,36-37H,17-18,20-22,35H2,(H,38,40)(H,42,43)/t31-/m0/s1. The van der Waals surface area contributed by atoms with Crippen molar-refractivity contribution in [3.63, 3.8) is 0 Å². The number of carbonyl (C=O) groups excluding carboxylic acids is 3. The van der Waals surface area contributed by atoms with Crippen molar-refractivity contribution in [1.29, 1.82) is 0 Å². The van der Waals surface area contributed by atoms with Crippen molar-refractivity contribution in [2.75, 3.05) is 11.9 Å². The van der Waals surface area contributed by atoms with Crippen molar-refractivity contribution in [3.8, 4) is 11.1 Å². The van der Waals surface area contributed by atoms with Crippen LogP contribution in [0.1, 0.15) is 39.9 Å². The number of para-hydroxylation sites is 1. The van der Waals surface area contributed by atoms with Gasteiger partial charge in [0.2, 0.25) is 5.91 Å². The van der Waals surface area contributed by atoms with Crippen LogP contribution in [-0.2, 0) is 27.3 Å². The highest BCUT2D eigenvalue weighted by atomic mass is 16.4. The highest BCUT2D eigenvalue weighted by Gasteiger charge is 2.21. The molecule has 0 radical (unpaired) electrons. The summed E-state index contributed by atoms with van der Waals surface area (Å²) in [7, 11) is 0. The summed E-state index contributed by atoms with van der Waals surface area (Å²) in [6.45, 7) is 0.640. The Bertz CT molecular complexity index is 1570. The zero-order valence-electron chi connectivity index (χ0n) is 23.6. The number of carboxylic acids is 1. The van der Waals surface area contributed by atoms with Gasteiger partial charge in [0.1, 0.15) is 11.8 Å². The summed E-state index contributed by atoms with van der Waals surface area (Å²) in [6.07, 6.45) is 0.403. The summed E-state index contributed by atoms with van der Waals surface area (Å²) in [4.78, 5) is 48.4. The molecular formula is C34H34N4O5. The molecular weight excluding hydrogens is 544 g/mol. The largest absolute Gasteiger partial charge is 0.480 e. The average molecular weight is 579 g/mol. The number of carboxylic acid groups (broad SMARTS) is 1. The summed E-state index contributed by atoms with van der Waals surface area (Å²) in [5, 5.41) is 16.2. The fourth-order valence-electron chi connectivity index (χ4n) is 4.63. The third-order valence-corrected chi connectivity index (χ3v) is 6.93. The van der Waals surface area contributed by atoms with Crippen LogP contribution in [0.15, 0.2) is 103 Å². The maximum atomic E-state index is 13.1. The van der Waals surface area contributed by atoms with E-state index in [1.165, 1.54) is 0 Å². The molecule has 0 aliphatic rings. The number of hydrazine groups is 1. The van der Waals surface area contributed by atoms with E-state index in [2.05, 4.69) is 10.6 Å². The number of amides is 1. The van der Waals surface area contributed by atoms with E-state index >= 15 is 0 Å². The Hall–Kier alpha value is -5.12. The number of nitrogens with two attached hydrogens (primary N) is 1. The normalized spacial score (nSPS) is 11.4. The van der Waals surface area contributed by atoms with Crippen LogP contribution < -0.4 is 21.9 Å². The Morgan fingerprint density at radius 3 is 2.19 bits per heavy atom. The second-order valence-electron chi connectivity index (χ2n) is 10.1. The van der Waals surface area contributed by atoms with Gasteiger partial charge in [-0.2, -0.15) is 0 Å². The van der Waals surface area contributed by atoms with Crippen molar-refractivity contribution in [3.05, 3.63) is 125 Å². The van der Waals surface area contributed by atoms with Crippen molar-refractivity contribution >= 4 is 29.1 Å². The van der Waals surface area contributed by atoms with Crippen LogP contribution in [0.4, 0.5) is 5.69 Å². The number of ketones is 2. The Morgan fingerprint density at radius 2 is 1.47 bits per heavy atom. The maximum Gasteiger partial charge on any atom is 0.326 e. The zero-order valence-corrected chi connectivity index (χ0v) is 23.6. The molecule has 0 bridgehead atoms. The highest BCUT2D eigenvalue weighted by molar-refractivity contribution is 6.12. The minimum Gasteiger partial charge on any atom is -0.480 e. The fourth-order valence-corrected chi connectivity index (χ4v) is 4.63. The average Bonchev–Trinajstić information content (AvgIpc) is 3.04. The van der Waals surface area contributed by atoms with Gasteiger partial charge in [-0.1, -0.05) is 84.9 Å². The number of anilines is 1. The van der Waals surface area contributed by atoms with Crippen LogP contribution in [0, 0.1) is 0 Å². The van der Waals surface area contributed by atoms with Gasteiger partial charge in [0.25, 0.3) is 0 Å². The van der Waals surface area contributed by atoms with Crippen molar-refractivity contribution < 1.29 is 24.3 Å². The van der Waals surface area contributed by atoms with Crippen molar-refractivity contribution in [2.24, 2.45) is 5.84 Å². The highest BCUT2D eigenvalue weighted by Crippen LogP contribution is 2.24. The molecule has 1 atom stereocenters. The number of benzene rings is 4. The predicted octanol–water partition coefficient (Wildman–Crippen LogP) is 4.12. The van der Waals surface area contributed by atoms with E-state index in [4.69, 9.17) is 5.84 Å². The number of carbonyl (C=O) groups is 4. The lowest BCUT2D eigenvalue weighted by atomic mass is 9.98. The molecule has 0 aromatic heterocycles. The molecule has 4 rings (SSSR count). The molecule has 0 unspecified atom stereocenters. The van der Waals surface area contributed by atoms with Gasteiger partial charge in [-0.15, -0.1) is 0 Å². The molecule has 0 spiro atoms. The summed E-state index contributed by atoms with van der Waals surface area (Å²) in [5.41, 5.74) is 7.19. The predicted molar refractivity (Wildman–Crippen MR) is 165 cm³/mol. The molecule has 1 amide bonds. The van der Waals surface area contributed by atoms with Crippen molar-refractivity contribution in [1.82, 2.24) is 10.7 Å². The smallest absolute Gasteiger partial charge is 0.326 e. The Kier molecular flexibility index (Phi) is 10.9. The van der Waals surface area contributed by atoms with Gasteiger partial charge in [0.15, 0.2) is 5.78 Å². The lowest BCUT2D eigenvalue weighted by molar-refractivity contribution is -0.137. The molecule has 0 aliphatic heterocycles. The molecule has 220 valence electrons. The summed E-state index contributed by atoms with van der Waals surface area (Å²) < 4.78 is 0. The molecule has 6 N–H and O–H groups in total. The fraction of sp³-hybridized carbons (Fsp3) is 0.176. The molecule has 43 heavy (non-hydrogen) atoms. The molecule has 0 saturated heterocycles. The third-order valence-electron chi connectivity index (χ3n) is 6.93. The number of Topliss-reactive ketones (excluding diaryl/α,β-unsaturated/α-hetero) is 1. The molecule has 0 saturated carbocycles. The van der Waals surface area contributed by atoms with Gasteiger partial charge in [-0.05, 0) is 40.5 Å². The third kappa shape index (κ3) is 8.93. The van der Waals surface area contributed by atoms with E-state index in [0.717, 1.165) is 22.3 Å². The van der Waals surface area contributed by atoms with Gasteiger partial charge in [0.05, 0.1) is 6.54 Å². The second-order valence-corrected chi connectivity index (χ2v) is 10.1. The quantitative estimate of drug-likeness (QED) is 0.0612. The van der Waals surface area contributed by atoms with Crippen LogP contribution in [-0.4, -0.2) is 41.1 Å². The Labute approximate surface area is 250 Å². The molecule has 4 aromatic carbocycles. The first-order valence-corrected chi connectivity index (χ1v) is 13.9. The first kappa shape index (κ1) is 30.8. The molecule has 0 heterocycles. The zero-order chi connectivity index (χ0) is 30.6. The minimum absolute atomic E-state index is 0.0625. The summed E-state index contributed by atoms with van der Waals surface area (Å²) >= 11 is 0. The first-order chi connectivity index (χ1) is 20.8. The minimum atomic E-state index is -1.02. The van der Waals surface area contributed by atoms with Gasteiger partial charge >= 0.3 is 5.97 Å². The van der Waals surface area contributed by atoms with Crippen LogP contribution in [0.2, 0.25) is 0 Å². The maximum absolute atomic E-state index is 13.1. The van der Waals surface area contributed by atoms with E-state index < -0.39 is 12.0 Å². The number of hydrogen-bond donors (Lipinski definition) is 5. The van der Waals surface area contributed by atoms with Gasteiger partial charge < -0.3 is 15.7 Å². The van der Waals surface area contributed by atoms with Gasteiger partial charge in [-0.25, -0.2) is 10.6 Å². The lowest BCUT2D eigenvalue weighted by Crippen LogP contribution is -2.32. The lowest BCUT2D eigenvalue weighted by Gasteiger charge is -2.18. The molecule has 9 nitrogen and oxygen atoms in total. The van der Waals surface area contributed by atoms with Crippen molar-refractivity contribution in [2.45, 2.75) is 31.8 Å². The Balaban J connectivity index is 1.38. The van der Waals surface area contributed by atoms with E-state index in [0.29, 0.717) is 23.4 Å². The van der Waals surface area contributed by atoms with E-state index in [9.17, 15) is 24.3 Å². The number of hydrogen-bond acceptors (Lipinski definition) is 7. The molecule has 4 aromatic rings. The topological polar surface area (TPSA) is 151 Å².